The quantitative estimate of drug-likeness (QED) is 0.821. The van der Waals surface area contributed by atoms with Crippen molar-refractivity contribution in [2.45, 2.75) is 13.3 Å². The highest BCUT2D eigenvalue weighted by molar-refractivity contribution is 5.92. The van der Waals surface area contributed by atoms with Gasteiger partial charge in [0.1, 0.15) is 5.82 Å². The van der Waals surface area contributed by atoms with Crippen LogP contribution < -0.4 is 10.6 Å². The van der Waals surface area contributed by atoms with Crippen molar-refractivity contribution in [3.05, 3.63) is 30.1 Å². The number of halogens is 1. The molecule has 2 N–H and O–H groups in total. The van der Waals surface area contributed by atoms with Crippen LogP contribution in [0.1, 0.15) is 13.3 Å². The third-order valence-electron chi connectivity index (χ3n) is 3.12. The second kappa shape index (κ2) is 5.27. The smallest absolute Gasteiger partial charge is 0.238 e. The molecule has 1 saturated carbocycles. The summed E-state index contributed by atoms with van der Waals surface area (Å²) in [7, 11) is 0. The summed E-state index contributed by atoms with van der Waals surface area (Å²) in [6, 6.07) is 6.17. The molecular weight excluding hydrogens is 219 g/mol. The molecule has 0 bridgehead atoms. The molecule has 0 aromatic heterocycles. The molecular formula is C13H17FN2O. The first kappa shape index (κ1) is 12.0. The Hall–Kier alpha value is -1.42. The van der Waals surface area contributed by atoms with Gasteiger partial charge in [0.15, 0.2) is 0 Å². The highest BCUT2D eigenvalue weighted by Crippen LogP contribution is 2.36. The van der Waals surface area contributed by atoms with Crippen molar-refractivity contribution in [2.24, 2.45) is 11.8 Å². The van der Waals surface area contributed by atoms with Crippen LogP contribution in [-0.2, 0) is 4.79 Å². The maximum atomic E-state index is 13.2. The minimum atomic E-state index is -0.406. The van der Waals surface area contributed by atoms with Crippen LogP contribution in [0.4, 0.5) is 10.1 Å². The summed E-state index contributed by atoms with van der Waals surface area (Å²) in [5.74, 6) is 0.869. The standard InChI is InChI=1S/C13H17FN2O/c1-9-6-10(9)7-15-8-13(17)16-12-5-3-2-4-11(12)14/h2-5,9-10,15H,6-8H2,1H3,(H,16,17). The number of carbonyl (C=O) groups excluding carboxylic acids is 1. The monoisotopic (exact) mass is 236 g/mol. The largest absolute Gasteiger partial charge is 0.322 e. The van der Waals surface area contributed by atoms with Crippen molar-refractivity contribution in [3.8, 4) is 0 Å². The van der Waals surface area contributed by atoms with Gasteiger partial charge in [-0.25, -0.2) is 4.39 Å². The molecule has 1 amide bonds. The normalized spacial score (nSPS) is 22.2. The van der Waals surface area contributed by atoms with Gasteiger partial charge in [-0.2, -0.15) is 0 Å². The summed E-state index contributed by atoms with van der Waals surface area (Å²) < 4.78 is 13.2. The van der Waals surface area contributed by atoms with Gasteiger partial charge in [0.25, 0.3) is 0 Å². The first-order chi connectivity index (χ1) is 8.16. The average molecular weight is 236 g/mol. The van der Waals surface area contributed by atoms with Gasteiger partial charge in [0.2, 0.25) is 5.91 Å². The van der Waals surface area contributed by atoms with E-state index in [1.807, 2.05) is 0 Å². The molecule has 0 heterocycles. The van der Waals surface area contributed by atoms with Crippen LogP contribution in [0, 0.1) is 17.7 Å². The van der Waals surface area contributed by atoms with E-state index in [1.165, 1.54) is 12.5 Å². The minimum absolute atomic E-state index is 0.205. The Morgan fingerprint density at radius 3 is 2.82 bits per heavy atom. The maximum absolute atomic E-state index is 13.2. The molecule has 1 aliphatic rings. The van der Waals surface area contributed by atoms with E-state index in [2.05, 4.69) is 17.6 Å². The predicted octanol–water partition coefficient (Wildman–Crippen LogP) is 2.01. The van der Waals surface area contributed by atoms with Gasteiger partial charge in [-0.15, -0.1) is 0 Å². The van der Waals surface area contributed by atoms with E-state index < -0.39 is 5.82 Å². The molecule has 0 aliphatic heterocycles. The number of anilines is 1. The van der Waals surface area contributed by atoms with Crippen molar-refractivity contribution in [1.29, 1.82) is 0 Å². The van der Waals surface area contributed by atoms with Crippen LogP contribution in [0.25, 0.3) is 0 Å². The third kappa shape index (κ3) is 3.53. The fraction of sp³-hybridized carbons (Fsp3) is 0.462. The zero-order valence-corrected chi connectivity index (χ0v) is 9.87. The van der Waals surface area contributed by atoms with E-state index in [0.717, 1.165) is 12.5 Å². The van der Waals surface area contributed by atoms with Gasteiger partial charge in [0, 0.05) is 0 Å². The minimum Gasteiger partial charge on any atom is -0.322 e. The number of hydrogen-bond acceptors (Lipinski definition) is 2. The fourth-order valence-electron chi connectivity index (χ4n) is 1.81. The zero-order chi connectivity index (χ0) is 12.3. The van der Waals surface area contributed by atoms with Crippen LogP contribution in [-0.4, -0.2) is 19.0 Å². The zero-order valence-electron chi connectivity index (χ0n) is 9.87. The lowest BCUT2D eigenvalue weighted by atomic mass is 10.3. The molecule has 4 heteroatoms. The molecule has 2 unspecified atom stereocenters. The molecule has 1 aromatic rings. The molecule has 1 aliphatic carbocycles. The summed E-state index contributed by atoms with van der Waals surface area (Å²) in [6.45, 7) is 3.30. The number of hydrogen-bond donors (Lipinski definition) is 2. The summed E-state index contributed by atoms with van der Waals surface area (Å²) in [6.07, 6.45) is 1.24. The molecule has 0 spiro atoms. The second-order valence-electron chi connectivity index (χ2n) is 4.63. The van der Waals surface area contributed by atoms with Crippen molar-refractivity contribution in [2.75, 3.05) is 18.4 Å². The number of rotatable bonds is 5. The van der Waals surface area contributed by atoms with Crippen LogP contribution in [0.2, 0.25) is 0 Å². The summed E-state index contributed by atoms with van der Waals surface area (Å²) in [5.41, 5.74) is 0.235. The molecule has 92 valence electrons. The van der Waals surface area contributed by atoms with E-state index in [9.17, 15) is 9.18 Å². The second-order valence-corrected chi connectivity index (χ2v) is 4.63. The molecule has 1 aromatic carbocycles. The number of nitrogens with one attached hydrogen (secondary N) is 2. The first-order valence-corrected chi connectivity index (χ1v) is 5.92. The molecule has 3 nitrogen and oxygen atoms in total. The number of amides is 1. The highest BCUT2D eigenvalue weighted by atomic mass is 19.1. The number of benzene rings is 1. The Kier molecular flexibility index (Phi) is 3.74. The molecule has 2 rings (SSSR count). The van der Waals surface area contributed by atoms with Crippen LogP contribution in [0.15, 0.2) is 24.3 Å². The van der Waals surface area contributed by atoms with Crippen molar-refractivity contribution < 1.29 is 9.18 Å². The Labute approximate surface area is 100 Å². The lowest BCUT2D eigenvalue weighted by Crippen LogP contribution is -2.29. The molecule has 0 radical (unpaired) electrons. The third-order valence-corrected chi connectivity index (χ3v) is 3.12. The van der Waals surface area contributed by atoms with Crippen LogP contribution in [0.5, 0.6) is 0 Å². The van der Waals surface area contributed by atoms with Crippen molar-refractivity contribution in [1.82, 2.24) is 5.32 Å². The van der Waals surface area contributed by atoms with Gasteiger partial charge in [-0.05, 0) is 36.9 Å². The Balaban J connectivity index is 1.72. The van der Waals surface area contributed by atoms with Gasteiger partial charge in [-0.3, -0.25) is 4.79 Å². The van der Waals surface area contributed by atoms with Crippen molar-refractivity contribution >= 4 is 11.6 Å². The van der Waals surface area contributed by atoms with E-state index in [0.29, 0.717) is 5.92 Å². The Morgan fingerprint density at radius 1 is 1.47 bits per heavy atom. The lowest BCUT2D eigenvalue weighted by Gasteiger charge is -2.07. The van der Waals surface area contributed by atoms with E-state index in [-0.39, 0.29) is 18.1 Å². The van der Waals surface area contributed by atoms with Gasteiger partial charge in [0.05, 0.1) is 12.2 Å². The Morgan fingerprint density at radius 2 is 2.18 bits per heavy atom. The Bertz CT molecular complexity index is 408. The summed E-state index contributed by atoms with van der Waals surface area (Å²) in [5, 5.41) is 5.62. The van der Waals surface area contributed by atoms with Crippen molar-refractivity contribution in [3.63, 3.8) is 0 Å². The molecule has 2 atom stereocenters. The number of carbonyl (C=O) groups is 1. The summed E-state index contributed by atoms with van der Waals surface area (Å²) >= 11 is 0. The van der Waals surface area contributed by atoms with Gasteiger partial charge >= 0.3 is 0 Å². The first-order valence-electron chi connectivity index (χ1n) is 5.92. The fourth-order valence-corrected chi connectivity index (χ4v) is 1.81. The van der Waals surface area contributed by atoms with Gasteiger partial charge in [-0.1, -0.05) is 19.1 Å². The number of para-hydroxylation sites is 1. The van der Waals surface area contributed by atoms with Gasteiger partial charge < -0.3 is 10.6 Å². The topological polar surface area (TPSA) is 41.1 Å². The highest BCUT2D eigenvalue weighted by Gasteiger charge is 2.31. The van der Waals surface area contributed by atoms with Crippen LogP contribution in [0.3, 0.4) is 0 Å². The lowest BCUT2D eigenvalue weighted by molar-refractivity contribution is -0.115. The predicted molar refractivity (Wildman–Crippen MR) is 65.2 cm³/mol. The molecule has 17 heavy (non-hydrogen) atoms. The maximum Gasteiger partial charge on any atom is 0.238 e. The molecule has 1 fully saturated rings. The van der Waals surface area contributed by atoms with E-state index in [1.54, 1.807) is 18.2 Å². The van der Waals surface area contributed by atoms with E-state index >= 15 is 0 Å². The molecule has 0 saturated heterocycles. The average Bonchev–Trinajstić information content (AvgIpc) is 2.98. The SMILES string of the molecule is CC1CC1CNCC(=O)Nc1ccccc1F. The van der Waals surface area contributed by atoms with E-state index in [4.69, 9.17) is 0 Å². The van der Waals surface area contributed by atoms with Crippen LogP contribution >= 0.6 is 0 Å². The summed E-state index contributed by atoms with van der Waals surface area (Å²) in [4.78, 5) is 11.5.